The Balaban J connectivity index is 1.87. The van der Waals surface area contributed by atoms with Gasteiger partial charge >= 0.3 is 0 Å². The van der Waals surface area contributed by atoms with Gasteiger partial charge in [0.2, 0.25) is 5.91 Å². The molecule has 24 heavy (non-hydrogen) atoms. The lowest BCUT2D eigenvalue weighted by atomic mass is 9.75. The van der Waals surface area contributed by atoms with E-state index in [1.165, 1.54) is 6.07 Å². The molecule has 0 saturated heterocycles. The highest BCUT2D eigenvalue weighted by Gasteiger charge is 2.39. The van der Waals surface area contributed by atoms with Crippen LogP contribution in [0.3, 0.4) is 0 Å². The predicted molar refractivity (Wildman–Crippen MR) is 87.6 cm³/mol. The number of ether oxygens (including phenoxy) is 1. The maximum atomic E-state index is 12.7. The maximum absolute atomic E-state index is 12.7. The summed E-state index contributed by atoms with van der Waals surface area (Å²) < 4.78 is 32.9. The van der Waals surface area contributed by atoms with Crippen molar-refractivity contribution in [2.75, 3.05) is 6.61 Å². The van der Waals surface area contributed by atoms with Gasteiger partial charge in [0.25, 0.3) is 10.0 Å². The zero-order chi connectivity index (χ0) is 17.5. The molecule has 0 spiro atoms. The lowest BCUT2D eigenvalue weighted by Crippen LogP contribution is -2.44. The number of Topliss-reactive ketones (excluding diaryl/α,β-unsaturated/α-hetero) is 1. The minimum Gasteiger partial charge on any atom is -0.492 e. The van der Waals surface area contributed by atoms with Crippen molar-refractivity contribution in [2.45, 2.75) is 43.9 Å². The van der Waals surface area contributed by atoms with Crippen LogP contribution in [0, 0.1) is 5.41 Å². The number of carbonyl (C=O) groups is 2. The van der Waals surface area contributed by atoms with Crippen LogP contribution >= 0.6 is 11.6 Å². The number of hydrogen-bond donors (Lipinski definition) is 1. The minimum atomic E-state index is -4.10. The zero-order valence-electron chi connectivity index (χ0n) is 13.2. The molecular weight excluding hydrogens is 354 g/mol. The second kappa shape index (κ2) is 6.04. The van der Waals surface area contributed by atoms with Crippen molar-refractivity contribution < 1.29 is 22.7 Å². The summed E-state index contributed by atoms with van der Waals surface area (Å²) in [6, 6.07) is 2.95. The fourth-order valence-electron chi connectivity index (χ4n) is 3.04. The van der Waals surface area contributed by atoms with E-state index in [4.69, 9.17) is 16.3 Å². The average molecular weight is 372 g/mol. The van der Waals surface area contributed by atoms with Crippen LogP contribution in [-0.4, -0.2) is 26.7 Å². The van der Waals surface area contributed by atoms with Gasteiger partial charge in [-0.25, -0.2) is 13.1 Å². The number of halogens is 1. The Morgan fingerprint density at radius 2 is 1.92 bits per heavy atom. The van der Waals surface area contributed by atoms with Gasteiger partial charge < -0.3 is 4.74 Å². The van der Waals surface area contributed by atoms with E-state index in [0.29, 0.717) is 44.3 Å². The largest absolute Gasteiger partial charge is 0.492 e. The molecule has 1 saturated carbocycles. The van der Waals surface area contributed by atoms with Crippen LogP contribution in [0.25, 0.3) is 0 Å². The van der Waals surface area contributed by atoms with E-state index in [1.807, 2.05) is 0 Å². The van der Waals surface area contributed by atoms with E-state index >= 15 is 0 Å². The van der Waals surface area contributed by atoms with E-state index in [0.717, 1.165) is 0 Å². The highest BCUT2D eigenvalue weighted by molar-refractivity contribution is 7.90. The Labute approximate surface area is 145 Å². The molecule has 1 aliphatic heterocycles. The van der Waals surface area contributed by atoms with Crippen LogP contribution in [-0.2, 0) is 26.0 Å². The molecule has 3 rings (SSSR count). The molecule has 1 aromatic carbocycles. The van der Waals surface area contributed by atoms with Gasteiger partial charge in [0.15, 0.2) is 0 Å². The molecule has 1 N–H and O–H groups in total. The highest BCUT2D eigenvalue weighted by Crippen LogP contribution is 2.38. The quantitative estimate of drug-likeness (QED) is 0.879. The van der Waals surface area contributed by atoms with Gasteiger partial charge in [-0.1, -0.05) is 18.5 Å². The van der Waals surface area contributed by atoms with Crippen LogP contribution in [0.1, 0.15) is 38.2 Å². The Hall–Kier alpha value is -1.60. The van der Waals surface area contributed by atoms with E-state index in [-0.39, 0.29) is 21.5 Å². The van der Waals surface area contributed by atoms with E-state index < -0.39 is 21.3 Å². The number of nitrogens with one attached hydrogen (secondary N) is 1. The Bertz CT molecular complexity index is 808. The first-order valence-corrected chi connectivity index (χ1v) is 9.62. The van der Waals surface area contributed by atoms with Gasteiger partial charge in [-0.05, 0) is 25.0 Å². The molecule has 0 unspecified atom stereocenters. The van der Waals surface area contributed by atoms with Crippen LogP contribution in [0.15, 0.2) is 17.0 Å². The number of fused-ring (bicyclic) bond motifs is 1. The fourth-order valence-corrected chi connectivity index (χ4v) is 4.66. The molecule has 0 radical (unpaired) electrons. The first-order valence-electron chi connectivity index (χ1n) is 7.75. The number of carbonyl (C=O) groups excluding carboxylic acids is 2. The molecule has 0 aromatic heterocycles. The summed E-state index contributed by atoms with van der Waals surface area (Å²) in [5, 5.41) is 0.279. The van der Waals surface area contributed by atoms with Crippen LogP contribution in [0.2, 0.25) is 5.02 Å². The number of rotatable bonds is 3. The number of benzene rings is 1. The smallest absolute Gasteiger partial charge is 0.267 e. The normalized spacial score (nSPS) is 19.5. The van der Waals surface area contributed by atoms with Gasteiger partial charge in [0.05, 0.1) is 6.61 Å². The monoisotopic (exact) mass is 371 g/mol. The summed E-state index contributed by atoms with van der Waals surface area (Å²) in [4.78, 5) is 23.8. The van der Waals surface area contributed by atoms with Gasteiger partial charge in [-0.3, -0.25) is 9.59 Å². The number of hydrogen-bond acceptors (Lipinski definition) is 5. The maximum Gasteiger partial charge on any atom is 0.267 e. The van der Waals surface area contributed by atoms with Crippen LogP contribution in [0.5, 0.6) is 5.75 Å². The summed E-state index contributed by atoms with van der Waals surface area (Å²) in [6.07, 6.45) is 1.85. The van der Waals surface area contributed by atoms with Gasteiger partial charge in [0, 0.05) is 35.3 Å². The number of amides is 1. The Kier molecular flexibility index (Phi) is 4.34. The van der Waals surface area contributed by atoms with E-state index in [9.17, 15) is 18.0 Å². The highest BCUT2D eigenvalue weighted by atomic mass is 35.5. The van der Waals surface area contributed by atoms with Crippen molar-refractivity contribution in [3.8, 4) is 5.75 Å². The van der Waals surface area contributed by atoms with E-state index in [2.05, 4.69) is 4.72 Å². The van der Waals surface area contributed by atoms with Crippen molar-refractivity contribution in [1.29, 1.82) is 0 Å². The molecular formula is C16H18ClNO5S. The Morgan fingerprint density at radius 1 is 1.25 bits per heavy atom. The molecule has 1 aromatic rings. The molecule has 1 heterocycles. The number of ketones is 1. The summed E-state index contributed by atoms with van der Waals surface area (Å²) >= 11 is 5.99. The van der Waals surface area contributed by atoms with Crippen molar-refractivity contribution in [2.24, 2.45) is 5.41 Å². The molecule has 8 heteroatoms. The second-order valence-corrected chi connectivity index (χ2v) is 8.61. The molecule has 2 aliphatic rings. The fraction of sp³-hybridized carbons (Fsp3) is 0.500. The van der Waals surface area contributed by atoms with Crippen LogP contribution < -0.4 is 9.46 Å². The van der Waals surface area contributed by atoms with Crippen molar-refractivity contribution in [3.63, 3.8) is 0 Å². The molecule has 0 atom stereocenters. The third-order valence-corrected chi connectivity index (χ3v) is 6.24. The second-order valence-electron chi connectivity index (χ2n) is 6.52. The lowest BCUT2D eigenvalue weighted by molar-refractivity contribution is -0.132. The first kappa shape index (κ1) is 17.2. The third kappa shape index (κ3) is 3.15. The standard InChI is InChI=1S/C16H18ClNO5S/c1-16(5-2-12(19)3-6-16)15(20)18-24(21,22)13-9-11(17)8-10-4-7-23-14(10)13/h8-9H,2-7H2,1H3,(H,18,20). The predicted octanol–water partition coefficient (Wildman–Crippen LogP) is 2.23. The molecule has 6 nitrogen and oxygen atoms in total. The lowest BCUT2D eigenvalue weighted by Gasteiger charge is -2.31. The summed E-state index contributed by atoms with van der Waals surface area (Å²) in [7, 11) is -4.10. The van der Waals surface area contributed by atoms with Crippen molar-refractivity contribution >= 4 is 33.3 Å². The summed E-state index contributed by atoms with van der Waals surface area (Å²) in [5.41, 5.74) is -0.159. The summed E-state index contributed by atoms with van der Waals surface area (Å²) in [6.45, 7) is 2.06. The molecule has 0 bridgehead atoms. The minimum absolute atomic E-state index is 0.101. The van der Waals surface area contributed by atoms with Gasteiger partial charge in [0.1, 0.15) is 16.4 Å². The van der Waals surface area contributed by atoms with Crippen molar-refractivity contribution in [1.82, 2.24) is 4.72 Å². The number of sulfonamides is 1. The van der Waals surface area contributed by atoms with E-state index in [1.54, 1.807) is 13.0 Å². The SMILES string of the molecule is CC1(C(=O)NS(=O)(=O)c2cc(Cl)cc3c2OCC3)CCC(=O)CC1. The molecule has 1 amide bonds. The Morgan fingerprint density at radius 3 is 2.58 bits per heavy atom. The average Bonchev–Trinajstić information content (AvgIpc) is 2.97. The molecule has 1 aliphatic carbocycles. The summed E-state index contributed by atoms with van der Waals surface area (Å²) in [5.74, 6) is -0.241. The van der Waals surface area contributed by atoms with Crippen molar-refractivity contribution in [3.05, 3.63) is 22.7 Å². The first-order chi connectivity index (χ1) is 11.2. The van der Waals surface area contributed by atoms with Crippen LogP contribution in [0.4, 0.5) is 0 Å². The van der Waals surface area contributed by atoms with Gasteiger partial charge in [-0.2, -0.15) is 0 Å². The van der Waals surface area contributed by atoms with Gasteiger partial charge in [-0.15, -0.1) is 0 Å². The molecule has 130 valence electrons. The zero-order valence-corrected chi connectivity index (χ0v) is 14.8. The molecule has 1 fully saturated rings. The topological polar surface area (TPSA) is 89.5 Å². The third-order valence-electron chi connectivity index (χ3n) is 4.69.